The van der Waals surface area contributed by atoms with Crippen molar-refractivity contribution in [3.05, 3.63) is 69.1 Å². The van der Waals surface area contributed by atoms with Crippen LogP contribution in [0.15, 0.2) is 47.3 Å². The average molecular weight is 534 g/mol. The predicted octanol–water partition coefficient (Wildman–Crippen LogP) is 5.02. The molecule has 0 radical (unpaired) electrons. The Labute approximate surface area is 217 Å². The summed E-state index contributed by atoms with van der Waals surface area (Å²) in [7, 11) is 0. The summed E-state index contributed by atoms with van der Waals surface area (Å²) in [4.78, 5) is 36.1. The van der Waals surface area contributed by atoms with Gasteiger partial charge in [-0.15, -0.1) is 0 Å². The van der Waals surface area contributed by atoms with Crippen molar-refractivity contribution in [2.24, 2.45) is 5.92 Å². The molecule has 1 aliphatic heterocycles. The lowest BCUT2D eigenvalue weighted by atomic mass is 10.0. The maximum Gasteiger partial charge on any atom is 0.416 e. The van der Waals surface area contributed by atoms with Gasteiger partial charge >= 0.3 is 11.9 Å². The molecule has 0 saturated carbocycles. The van der Waals surface area contributed by atoms with E-state index in [0.717, 1.165) is 17.7 Å². The van der Waals surface area contributed by atoms with Crippen molar-refractivity contribution in [1.29, 1.82) is 0 Å². The molecule has 0 spiro atoms. The Morgan fingerprint density at radius 2 is 1.73 bits per heavy atom. The van der Waals surface area contributed by atoms with Crippen LogP contribution in [0.25, 0.3) is 17.1 Å². The van der Waals surface area contributed by atoms with Crippen LogP contribution in [0.2, 0.25) is 5.02 Å². The van der Waals surface area contributed by atoms with Crippen molar-refractivity contribution in [1.82, 2.24) is 19.9 Å². The molecule has 7 nitrogen and oxygen atoms in total. The number of carbonyl (C=O) groups excluding carboxylic acids is 1. The lowest BCUT2D eigenvalue weighted by Gasteiger charge is -2.33. The van der Waals surface area contributed by atoms with Crippen LogP contribution in [0.3, 0.4) is 0 Å². The molecule has 11 heteroatoms. The van der Waals surface area contributed by atoms with Crippen LogP contribution < -0.4 is 15.9 Å². The van der Waals surface area contributed by atoms with E-state index in [1.807, 2.05) is 25.7 Å². The van der Waals surface area contributed by atoms with E-state index in [1.54, 1.807) is 18.2 Å². The highest BCUT2D eigenvalue weighted by Gasteiger charge is 2.30. The van der Waals surface area contributed by atoms with E-state index in [4.69, 9.17) is 16.6 Å². The number of amides is 1. The van der Waals surface area contributed by atoms with Gasteiger partial charge in [0, 0.05) is 35.6 Å². The molecule has 0 aliphatic carbocycles. The zero-order valence-electron chi connectivity index (χ0n) is 20.6. The van der Waals surface area contributed by atoms with E-state index < -0.39 is 17.4 Å². The second kappa shape index (κ2) is 10.5. The molecule has 4 rings (SSSR count). The van der Waals surface area contributed by atoms with E-state index >= 15 is 0 Å². The Hall–Kier alpha value is -3.40. The highest BCUT2D eigenvalue weighted by Crippen LogP contribution is 2.31. The van der Waals surface area contributed by atoms with Gasteiger partial charge in [0.25, 0.3) is 0 Å². The molecule has 2 aromatic carbocycles. The molecule has 0 bridgehead atoms. The van der Waals surface area contributed by atoms with E-state index in [0.29, 0.717) is 36.5 Å². The minimum absolute atomic E-state index is 0.00524. The van der Waals surface area contributed by atoms with Gasteiger partial charge in [-0.1, -0.05) is 25.4 Å². The van der Waals surface area contributed by atoms with Crippen LogP contribution in [0.4, 0.5) is 19.1 Å². The standard InChI is InChI=1S/C26H27ClF3N5O2/c1-15(2)23(36)31-19-10-12-34(13-11-19)24-32-22(21-9-6-18(27)14-16(21)3)35(25(37)33-24)20-7-4-17(5-8-20)26(28,29)30/h4-9,14-15,19H,10-13H2,1-3H3,(H,31,36). The Kier molecular flexibility index (Phi) is 7.59. The smallest absolute Gasteiger partial charge is 0.353 e. The SMILES string of the molecule is Cc1cc(Cl)ccc1-c1nc(N2CCC(NC(=O)C(C)C)CC2)nc(=O)n1-c1ccc(C(F)(F)F)cc1. The van der Waals surface area contributed by atoms with Gasteiger partial charge < -0.3 is 10.2 Å². The van der Waals surface area contributed by atoms with Crippen LogP contribution in [-0.4, -0.2) is 39.6 Å². The van der Waals surface area contributed by atoms with E-state index in [-0.39, 0.29) is 35.3 Å². The minimum Gasteiger partial charge on any atom is -0.353 e. The fourth-order valence-electron chi connectivity index (χ4n) is 4.22. The number of anilines is 1. The lowest BCUT2D eigenvalue weighted by Crippen LogP contribution is -2.46. The Morgan fingerprint density at radius 3 is 2.30 bits per heavy atom. The molecule has 196 valence electrons. The first-order valence-electron chi connectivity index (χ1n) is 11.9. The van der Waals surface area contributed by atoms with Gasteiger partial charge in [-0.3, -0.25) is 4.79 Å². The van der Waals surface area contributed by atoms with Crippen molar-refractivity contribution in [3.8, 4) is 17.1 Å². The summed E-state index contributed by atoms with van der Waals surface area (Å²) in [5, 5.41) is 3.54. The summed E-state index contributed by atoms with van der Waals surface area (Å²) in [6.45, 7) is 6.56. The topological polar surface area (TPSA) is 80.1 Å². The highest BCUT2D eigenvalue weighted by molar-refractivity contribution is 6.30. The van der Waals surface area contributed by atoms with Crippen LogP contribution >= 0.6 is 11.6 Å². The summed E-state index contributed by atoms with van der Waals surface area (Å²) in [5.41, 5.74) is 0.0725. The first-order chi connectivity index (χ1) is 17.4. The molecule has 1 aromatic heterocycles. The van der Waals surface area contributed by atoms with Gasteiger partial charge in [0.1, 0.15) is 0 Å². The number of nitrogens with one attached hydrogen (secondary N) is 1. The molecule has 1 aliphatic rings. The number of carbonyl (C=O) groups is 1. The Morgan fingerprint density at radius 1 is 1.08 bits per heavy atom. The predicted molar refractivity (Wildman–Crippen MR) is 136 cm³/mol. The normalized spacial score (nSPS) is 14.8. The lowest BCUT2D eigenvalue weighted by molar-refractivity contribution is -0.137. The summed E-state index contributed by atoms with van der Waals surface area (Å²) < 4.78 is 40.5. The average Bonchev–Trinajstić information content (AvgIpc) is 2.83. The Balaban J connectivity index is 1.72. The summed E-state index contributed by atoms with van der Waals surface area (Å²) in [6.07, 6.45) is -3.17. The van der Waals surface area contributed by atoms with Crippen molar-refractivity contribution in [2.75, 3.05) is 18.0 Å². The third-order valence-electron chi connectivity index (χ3n) is 6.34. The number of hydrogen-bond acceptors (Lipinski definition) is 5. The molecule has 0 unspecified atom stereocenters. The number of halogens is 4. The minimum atomic E-state index is -4.50. The third kappa shape index (κ3) is 5.95. The molecule has 0 atom stereocenters. The van der Waals surface area contributed by atoms with Crippen LogP contribution in [-0.2, 0) is 11.0 Å². The molecule has 3 aromatic rings. The molecular weight excluding hydrogens is 507 g/mol. The maximum atomic E-state index is 13.3. The van der Waals surface area contributed by atoms with Crippen LogP contribution in [0.5, 0.6) is 0 Å². The second-order valence-corrected chi connectivity index (χ2v) is 9.83. The zero-order valence-corrected chi connectivity index (χ0v) is 21.4. The van der Waals surface area contributed by atoms with Crippen LogP contribution in [0, 0.1) is 12.8 Å². The molecule has 1 N–H and O–H groups in total. The van der Waals surface area contributed by atoms with Crippen LogP contribution in [0.1, 0.15) is 37.8 Å². The van der Waals surface area contributed by atoms with Crippen molar-refractivity contribution in [3.63, 3.8) is 0 Å². The van der Waals surface area contributed by atoms with E-state index in [9.17, 15) is 22.8 Å². The maximum absolute atomic E-state index is 13.3. The summed E-state index contributed by atoms with van der Waals surface area (Å²) >= 11 is 6.13. The Bertz CT molecular complexity index is 1350. The first kappa shape index (κ1) is 26.7. The number of rotatable bonds is 5. The molecule has 1 amide bonds. The van der Waals surface area contributed by atoms with Crippen molar-refractivity contribution >= 4 is 23.5 Å². The van der Waals surface area contributed by atoms with Gasteiger partial charge in [-0.25, -0.2) is 9.36 Å². The number of alkyl halides is 3. The van der Waals surface area contributed by atoms with Gasteiger partial charge in [0.05, 0.1) is 11.3 Å². The monoisotopic (exact) mass is 533 g/mol. The molecule has 37 heavy (non-hydrogen) atoms. The fourth-order valence-corrected chi connectivity index (χ4v) is 4.45. The molecule has 2 heterocycles. The number of nitrogens with zero attached hydrogens (tertiary/aromatic N) is 4. The summed E-state index contributed by atoms with van der Waals surface area (Å²) in [6, 6.07) is 9.43. The van der Waals surface area contributed by atoms with Gasteiger partial charge in [0.2, 0.25) is 11.9 Å². The number of hydrogen-bond donors (Lipinski definition) is 1. The number of piperidine rings is 1. The van der Waals surface area contributed by atoms with Crippen molar-refractivity contribution < 1.29 is 18.0 Å². The number of aryl methyl sites for hydroxylation is 1. The van der Waals surface area contributed by atoms with Gasteiger partial charge in [-0.2, -0.15) is 23.1 Å². The zero-order chi connectivity index (χ0) is 26.9. The van der Waals surface area contributed by atoms with Gasteiger partial charge in [0.15, 0.2) is 5.82 Å². The largest absolute Gasteiger partial charge is 0.416 e. The van der Waals surface area contributed by atoms with Crippen molar-refractivity contribution in [2.45, 2.75) is 45.8 Å². The number of aromatic nitrogens is 3. The van der Waals surface area contributed by atoms with Gasteiger partial charge in [-0.05, 0) is 67.8 Å². The fraction of sp³-hybridized carbons (Fsp3) is 0.385. The number of benzene rings is 2. The third-order valence-corrected chi connectivity index (χ3v) is 6.57. The second-order valence-electron chi connectivity index (χ2n) is 9.39. The molecule has 1 fully saturated rings. The molecular formula is C26H27ClF3N5O2. The summed E-state index contributed by atoms with van der Waals surface area (Å²) in [5.74, 6) is 0.365. The molecule has 1 saturated heterocycles. The quantitative estimate of drug-likeness (QED) is 0.498. The highest BCUT2D eigenvalue weighted by atomic mass is 35.5. The van der Waals surface area contributed by atoms with E-state index in [1.165, 1.54) is 16.7 Å². The first-order valence-corrected chi connectivity index (χ1v) is 12.3. The van der Waals surface area contributed by atoms with E-state index in [2.05, 4.69) is 10.3 Å².